The summed E-state index contributed by atoms with van der Waals surface area (Å²) in [5.41, 5.74) is 7.25. The van der Waals surface area contributed by atoms with E-state index in [1.54, 1.807) is 43.3 Å². The van der Waals surface area contributed by atoms with Gasteiger partial charge in [-0.2, -0.15) is 5.26 Å². The first-order valence-corrected chi connectivity index (χ1v) is 8.32. The van der Waals surface area contributed by atoms with Gasteiger partial charge in [0, 0.05) is 17.6 Å². The molecule has 7 nitrogen and oxygen atoms in total. The number of anilines is 3. The first kappa shape index (κ1) is 19.8. The number of esters is 1. The van der Waals surface area contributed by atoms with Crippen molar-refractivity contribution in [1.82, 2.24) is 0 Å². The first-order valence-electron chi connectivity index (χ1n) is 7.95. The molecule has 27 heavy (non-hydrogen) atoms. The third kappa shape index (κ3) is 5.49. The largest absolute Gasteiger partial charge is 0.462 e. The molecule has 2 aromatic carbocycles. The maximum absolute atomic E-state index is 12.2. The first-order chi connectivity index (χ1) is 12.9. The smallest absolute Gasteiger partial charge is 0.338 e. The molecule has 1 amide bonds. The molecular weight excluding hydrogens is 368 g/mol. The summed E-state index contributed by atoms with van der Waals surface area (Å²) in [5.74, 6) is -1.04. The third-order valence-corrected chi connectivity index (χ3v) is 3.70. The van der Waals surface area contributed by atoms with Crippen LogP contribution in [0, 0.1) is 11.3 Å². The molecule has 2 rings (SSSR count). The quantitative estimate of drug-likeness (QED) is 0.303. The molecule has 0 fully saturated rings. The minimum Gasteiger partial charge on any atom is -0.462 e. The Morgan fingerprint density at radius 1 is 1.26 bits per heavy atom. The summed E-state index contributed by atoms with van der Waals surface area (Å²) in [6.45, 7) is 2.02. The normalized spacial score (nSPS) is 10.6. The molecule has 0 aromatic heterocycles. The van der Waals surface area contributed by atoms with Crippen LogP contribution in [0.25, 0.3) is 0 Å². The lowest BCUT2D eigenvalue weighted by atomic mass is 10.2. The molecule has 0 radical (unpaired) electrons. The van der Waals surface area contributed by atoms with Crippen LogP contribution in [0.2, 0.25) is 5.02 Å². The summed E-state index contributed by atoms with van der Waals surface area (Å²) in [5, 5.41) is 14.9. The minimum atomic E-state index is -0.625. The van der Waals surface area contributed by atoms with Crippen LogP contribution in [0.15, 0.2) is 54.2 Å². The van der Waals surface area contributed by atoms with Gasteiger partial charge in [-0.25, -0.2) is 4.79 Å². The van der Waals surface area contributed by atoms with Gasteiger partial charge in [0.05, 0.1) is 22.9 Å². The fourth-order valence-corrected chi connectivity index (χ4v) is 2.28. The standard InChI is InChI=1S/C19H17ClN4O3/c1-2-27-19(26)12-3-6-15(7-4-12)23-11-13(10-21)18(25)24-17-8-5-14(22)9-16(17)20/h3-9,11,23H,2,22H2,1H3,(H,24,25)/b13-11-. The molecule has 8 heteroatoms. The van der Waals surface area contributed by atoms with Crippen LogP contribution in [-0.4, -0.2) is 18.5 Å². The van der Waals surface area contributed by atoms with Crippen LogP contribution < -0.4 is 16.4 Å². The number of nitrogens with one attached hydrogen (secondary N) is 2. The number of nitriles is 1. The van der Waals surface area contributed by atoms with Crippen LogP contribution >= 0.6 is 11.6 Å². The molecule has 4 N–H and O–H groups in total. The van der Waals surface area contributed by atoms with Crippen molar-refractivity contribution >= 4 is 40.5 Å². The van der Waals surface area contributed by atoms with Gasteiger partial charge in [-0.3, -0.25) is 4.79 Å². The lowest BCUT2D eigenvalue weighted by Crippen LogP contribution is -2.15. The minimum absolute atomic E-state index is 0.155. The fraction of sp³-hybridized carbons (Fsp3) is 0.105. The molecule has 2 aromatic rings. The second-order valence-corrected chi connectivity index (χ2v) is 5.71. The highest BCUT2D eigenvalue weighted by molar-refractivity contribution is 6.34. The SMILES string of the molecule is CCOC(=O)c1ccc(N/C=C(/C#N)C(=O)Nc2ccc(N)cc2Cl)cc1. The molecule has 0 heterocycles. The zero-order chi connectivity index (χ0) is 19.8. The van der Waals surface area contributed by atoms with Gasteiger partial charge in [-0.15, -0.1) is 0 Å². The molecule has 0 aliphatic carbocycles. The second-order valence-electron chi connectivity index (χ2n) is 5.31. The van der Waals surface area contributed by atoms with Gasteiger partial charge >= 0.3 is 5.97 Å². The van der Waals surface area contributed by atoms with E-state index >= 15 is 0 Å². The fourth-order valence-electron chi connectivity index (χ4n) is 2.04. The summed E-state index contributed by atoms with van der Waals surface area (Å²) >= 11 is 6.01. The molecule has 0 aliphatic heterocycles. The van der Waals surface area contributed by atoms with Crippen LogP contribution in [-0.2, 0) is 9.53 Å². The Bertz CT molecular complexity index is 918. The summed E-state index contributed by atoms with van der Waals surface area (Å²) in [7, 11) is 0. The number of hydrogen-bond donors (Lipinski definition) is 3. The molecule has 0 spiro atoms. The van der Waals surface area contributed by atoms with E-state index in [2.05, 4.69) is 10.6 Å². The van der Waals surface area contributed by atoms with E-state index in [0.717, 1.165) is 0 Å². The van der Waals surface area contributed by atoms with Crippen molar-refractivity contribution in [3.05, 3.63) is 64.8 Å². The number of nitrogens with two attached hydrogens (primary N) is 1. The molecule has 0 saturated carbocycles. The van der Waals surface area contributed by atoms with Crippen LogP contribution in [0.3, 0.4) is 0 Å². The Labute approximate surface area is 161 Å². The highest BCUT2D eigenvalue weighted by Gasteiger charge is 2.12. The van der Waals surface area contributed by atoms with Crippen molar-refractivity contribution in [2.75, 3.05) is 23.0 Å². The average Bonchev–Trinajstić information content (AvgIpc) is 2.65. The lowest BCUT2D eigenvalue weighted by Gasteiger charge is -2.08. The van der Waals surface area contributed by atoms with Gasteiger partial charge in [-0.1, -0.05) is 11.6 Å². The monoisotopic (exact) mass is 384 g/mol. The van der Waals surface area contributed by atoms with Gasteiger partial charge in [0.15, 0.2) is 0 Å². The van der Waals surface area contributed by atoms with Gasteiger partial charge in [-0.05, 0) is 49.4 Å². The molecule has 0 saturated heterocycles. The zero-order valence-electron chi connectivity index (χ0n) is 14.5. The zero-order valence-corrected chi connectivity index (χ0v) is 15.2. The van der Waals surface area contributed by atoms with Crippen LogP contribution in [0.5, 0.6) is 0 Å². The number of nitrogens with zero attached hydrogens (tertiary/aromatic N) is 1. The number of hydrogen-bond acceptors (Lipinski definition) is 6. The van der Waals surface area contributed by atoms with Crippen LogP contribution in [0.1, 0.15) is 17.3 Å². The Kier molecular flexibility index (Phi) is 6.80. The van der Waals surface area contributed by atoms with E-state index in [1.807, 2.05) is 6.07 Å². The number of amides is 1. The number of nitrogen functional groups attached to an aromatic ring is 1. The van der Waals surface area contributed by atoms with Gasteiger partial charge in [0.1, 0.15) is 11.6 Å². The van der Waals surface area contributed by atoms with E-state index < -0.39 is 11.9 Å². The van der Waals surface area contributed by atoms with Crippen molar-refractivity contribution in [3.8, 4) is 6.07 Å². The lowest BCUT2D eigenvalue weighted by molar-refractivity contribution is -0.112. The van der Waals surface area contributed by atoms with Gasteiger partial charge in [0.25, 0.3) is 5.91 Å². The second kappa shape index (κ2) is 9.27. The van der Waals surface area contributed by atoms with Crippen molar-refractivity contribution in [2.45, 2.75) is 6.92 Å². The number of benzene rings is 2. The number of halogens is 1. The average molecular weight is 385 g/mol. The summed E-state index contributed by atoms with van der Waals surface area (Å²) < 4.78 is 4.90. The van der Waals surface area contributed by atoms with E-state index in [4.69, 9.17) is 22.1 Å². The molecule has 0 atom stereocenters. The third-order valence-electron chi connectivity index (χ3n) is 3.39. The summed E-state index contributed by atoms with van der Waals surface area (Å²) in [6, 6.07) is 12.9. The van der Waals surface area contributed by atoms with Crippen molar-refractivity contribution in [2.24, 2.45) is 0 Å². The molecule has 0 bridgehead atoms. The molecule has 138 valence electrons. The Hall–Kier alpha value is -3.50. The van der Waals surface area contributed by atoms with E-state index in [1.165, 1.54) is 12.3 Å². The van der Waals surface area contributed by atoms with Gasteiger partial charge < -0.3 is 21.1 Å². The van der Waals surface area contributed by atoms with E-state index in [-0.39, 0.29) is 10.6 Å². The summed E-state index contributed by atoms with van der Waals surface area (Å²) in [6.07, 6.45) is 1.26. The molecular formula is C19H17ClN4O3. The topological polar surface area (TPSA) is 117 Å². The predicted octanol–water partition coefficient (Wildman–Crippen LogP) is 3.56. The maximum Gasteiger partial charge on any atom is 0.338 e. The Morgan fingerprint density at radius 3 is 2.56 bits per heavy atom. The van der Waals surface area contributed by atoms with E-state index in [0.29, 0.717) is 29.2 Å². The summed E-state index contributed by atoms with van der Waals surface area (Å²) in [4.78, 5) is 23.8. The van der Waals surface area contributed by atoms with Gasteiger partial charge in [0.2, 0.25) is 0 Å². The number of carbonyl (C=O) groups excluding carboxylic acids is 2. The van der Waals surface area contributed by atoms with Crippen LogP contribution in [0.4, 0.5) is 17.1 Å². The van der Waals surface area contributed by atoms with Crippen molar-refractivity contribution in [3.63, 3.8) is 0 Å². The maximum atomic E-state index is 12.2. The molecule has 0 aliphatic rings. The molecule has 0 unspecified atom stereocenters. The number of ether oxygens (including phenoxy) is 1. The Morgan fingerprint density at radius 2 is 1.96 bits per heavy atom. The predicted molar refractivity (Wildman–Crippen MR) is 104 cm³/mol. The van der Waals surface area contributed by atoms with Crippen molar-refractivity contribution in [1.29, 1.82) is 5.26 Å². The Balaban J connectivity index is 2.06. The highest BCUT2D eigenvalue weighted by Crippen LogP contribution is 2.24. The number of rotatable bonds is 6. The van der Waals surface area contributed by atoms with Crippen molar-refractivity contribution < 1.29 is 14.3 Å². The number of carbonyl (C=O) groups is 2. The van der Waals surface area contributed by atoms with E-state index in [9.17, 15) is 14.9 Å². The highest BCUT2D eigenvalue weighted by atomic mass is 35.5.